The quantitative estimate of drug-likeness (QED) is 0.746. The van der Waals surface area contributed by atoms with Crippen molar-refractivity contribution in [2.45, 2.75) is 32.6 Å². The topological polar surface area (TPSA) is 41.6 Å². The molecule has 2 rings (SSSR count). The van der Waals surface area contributed by atoms with Crippen molar-refractivity contribution in [2.75, 3.05) is 32.8 Å². The van der Waals surface area contributed by atoms with Crippen LogP contribution in [-0.2, 0) is 0 Å². The first-order valence-electron chi connectivity index (χ1n) is 8.03. The van der Waals surface area contributed by atoms with Crippen LogP contribution in [0.2, 0.25) is 0 Å². The molecule has 1 aliphatic rings. The van der Waals surface area contributed by atoms with Gasteiger partial charge in [-0.3, -0.25) is 4.79 Å². The number of rotatable bonds is 8. The zero-order valence-corrected chi connectivity index (χ0v) is 14.2. The number of unbranched alkanes of at least 4 members (excludes halogenated alkanes) is 1. The summed E-state index contributed by atoms with van der Waals surface area (Å²) in [6.07, 6.45) is 4.85. The Balaban J connectivity index is 0.00000242. The SMILES string of the molecule is CCOc1ccccc1C(=O)NCCCCN1CCCC1.Cl. The predicted octanol–water partition coefficient (Wildman–Crippen LogP) is 3.11. The molecule has 1 amide bonds. The first-order valence-corrected chi connectivity index (χ1v) is 8.03. The van der Waals surface area contributed by atoms with E-state index in [1.54, 1.807) is 0 Å². The van der Waals surface area contributed by atoms with E-state index < -0.39 is 0 Å². The van der Waals surface area contributed by atoms with Gasteiger partial charge in [0.2, 0.25) is 0 Å². The fourth-order valence-corrected chi connectivity index (χ4v) is 2.70. The fourth-order valence-electron chi connectivity index (χ4n) is 2.70. The average molecular weight is 327 g/mol. The molecule has 1 aliphatic heterocycles. The Morgan fingerprint density at radius 2 is 1.95 bits per heavy atom. The lowest BCUT2D eigenvalue weighted by Crippen LogP contribution is -2.26. The van der Waals surface area contributed by atoms with Crippen LogP contribution >= 0.6 is 12.4 Å². The molecule has 1 aromatic carbocycles. The van der Waals surface area contributed by atoms with E-state index >= 15 is 0 Å². The molecule has 124 valence electrons. The summed E-state index contributed by atoms with van der Waals surface area (Å²) in [5, 5.41) is 2.99. The van der Waals surface area contributed by atoms with Crippen LogP contribution in [0.15, 0.2) is 24.3 Å². The van der Waals surface area contributed by atoms with Crippen LogP contribution in [-0.4, -0.2) is 43.6 Å². The van der Waals surface area contributed by atoms with Gasteiger partial charge >= 0.3 is 0 Å². The maximum atomic E-state index is 12.2. The fraction of sp³-hybridized carbons (Fsp3) is 0.588. The van der Waals surface area contributed by atoms with Gasteiger partial charge < -0.3 is 15.0 Å². The van der Waals surface area contributed by atoms with Crippen LogP contribution in [0.1, 0.15) is 43.0 Å². The minimum atomic E-state index is -0.0415. The summed E-state index contributed by atoms with van der Waals surface area (Å²) in [5.41, 5.74) is 0.624. The van der Waals surface area contributed by atoms with Gasteiger partial charge in [-0.2, -0.15) is 0 Å². The van der Waals surface area contributed by atoms with E-state index in [1.165, 1.54) is 25.9 Å². The number of para-hydroxylation sites is 1. The van der Waals surface area contributed by atoms with Gasteiger partial charge in [-0.15, -0.1) is 12.4 Å². The Morgan fingerprint density at radius 3 is 2.68 bits per heavy atom. The Labute approximate surface area is 139 Å². The van der Waals surface area contributed by atoms with E-state index in [0.29, 0.717) is 17.9 Å². The summed E-state index contributed by atoms with van der Waals surface area (Å²) < 4.78 is 5.49. The first-order chi connectivity index (χ1) is 10.3. The van der Waals surface area contributed by atoms with Crippen molar-refractivity contribution >= 4 is 18.3 Å². The van der Waals surface area contributed by atoms with Crippen LogP contribution in [0, 0.1) is 0 Å². The number of ether oxygens (including phenoxy) is 1. The number of halogens is 1. The molecule has 1 N–H and O–H groups in total. The Hall–Kier alpha value is -1.26. The lowest BCUT2D eigenvalue weighted by atomic mass is 10.2. The molecular formula is C17H27ClN2O2. The summed E-state index contributed by atoms with van der Waals surface area (Å²) in [4.78, 5) is 14.7. The zero-order valence-electron chi connectivity index (χ0n) is 13.3. The van der Waals surface area contributed by atoms with Gasteiger partial charge in [0.25, 0.3) is 5.91 Å². The highest BCUT2D eigenvalue weighted by Crippen LogP contribution is 2.17. The molecule has 22 heavy (non-hydrogen) atoms. The summed E-state index contributed by atoms with van der Waals surface area (Å²) in [6.45, 7) is 6.87. The third-order valence-electron chi connectivity index (χ3n) is 3.82. The molecule has 0 atom stereocenters. The van der Waals surface area contributed by atoms with Crippen molar-refractivity contribution in [1.82, 2.24) is 10.2 Å². The second-order valence-corrected chi connectivity index (χ2v) is 5.44. The molecule has 5 heteroatoms. The van der Waals surface area contributed by atoms with E-state index in [0.717, 1.165) is 25.9 Å². The number of amides is 1. The van der Waals surface area contributed by atoms with Crippen molar-refractivity contribution in [1.29, 1.82) is 0 Å². The highest BCUT2D eigenvalue weighted by molar-refractivity contribution is 5.96. The summed E-state index contributed by atoms with van der Waals surface area (Å²) in [6, 6.07) is 7.40. The molecule has 0 bridgehead atoms. The third-order valence-corrected chi connectivity index (χ3v) is 3.82. The van der Waals surface area contributed by atoms with Crippen LogP contribution in [0.5, 0.6) is 5.75 Å². The van der Waals surface area contributed by atoms with Crippen molar-refractivity contribution in [3.8, 4) is 5.75 Å². The van der Waals surface area contributed by atoms with Crippen molar-refractivity contribution in [3.63, 3.8) is 0 Å². The van der Waals surface area contributed by atoms with Crippen LogP contribution in [0.3, 0.4) is 0 Å². The Kier molecular flexibility index (Phi) is 8.94. The number of hydrogen-bond donors (Lipinski definition) is 1. The molecule has 0 aliphatic carbocycles. The highest BCUT2D eigenvalue weighted by atomic mass is 35.5. The van der Waals surface area contributed by atoms with Gasteiger partial charge in [-0.25, -0.2) is 0 Å². The van der Waals surface area contributed by atoms with E-state index in [-0.39, 0.29) is 18.3 Å². The van der Waals surface area contributed by atoms with Gasteiger partial charge in [0.1, 0.15) is 5.75 Å². The maximum absolute atomic E-state index is 12.2. The molecule has 0 unspecified atom stereocenters. The molecule has 0 radical (unpaired) electrons. The van der Waals surface area contributed by atoms with Gasteiger partial charge in [-0.1, -0.05) is 12.1 Å². The summed E-state index contributed by atoms with van der Waals surface area (Å²) in [7, 11) is 0. The predicted molar refractivity (Wildman–Crippen MR) is 92.1 cm³/mol. The van der Waals surface area contributed by atoms with Crippen molar-refractivity contribution in [2.24, 2.45) is 0 Å². The van der Waals surface area contributed by atoms with E-state index in [2.05, 4.69) is 10.2 Å². The van der Waals surface area contributed by atoms with Crippen LogP contribution in [0.25, 0.3) is 0 Å². The minimum Gasteiger partial charge on any atom is -0.493 e. The first kappa shape index (κ1) is 18.8. The number of carbonyl (C=O) groups is 1. The lowest BCUT2D eigenvalue weighted by molar-refractivity contribution is 0.0949. The van der Waals surface area contributed by atoms with Crippen LogP contribution < -0.4 is 10.1 Å². The second kappa shape index (κ2) is 10.5. The maximum Gasteiger partial charge on any atom is 0.255 e. The monoisotopic (exact) mass is 326 g/mol. The van der Waals surface area contributed by atoms with Gasteiger partial charge in [0.05, 0.1) is 12.2 Å². The largest absolute Gasteiger partial charge is 0.493 e. The molecule has 0 aromatic heterocycles. The standard InChI is InChI=1S/C17H26N2O2.ClH/c1-2-21-16-10-4-3-9-15(16)17(20)18-11-5-6-12-19-13-7-8-14-19;/h3-4,9-10H,2,5-8,11-14H2,1H3,(H,18,20);1H. The van der Waals surface area contributed by atoms with E-state index in [4.69, 9.17) is 4.74 Å². The molecule has 0 spiro atoms. The zero-order chi connectivity index (χ0) is 14.9. The molecule has 4 nitrogen and oxygen atoms in total. The Morgan fingerprint density at radius 1 is 1.23 bits per heavy atom. The molecule has 1 saturated heterocycles. The van der Waals surface area contributed by atoms with Gasteiger partial charge in [-0.05, 0) is 64.4 Å². The van der Waals surface area contributed by atoms with Crippen LogP contribution in [0.4, 0.5) is 0 Å². The Bertz CT molecular complexity index is 448. The number of nitrogens with zero attached hydrogens (tertiary/aromatic N) is 1. The molecule has 1 heterocycles. The number of hydrogen-bond acceptors (Lipinski definition) is 3. The molecule has 1 aromatic rings. The second-order valence-electron chi connectivity index (χ2n) is 5.44. The van der Waals surface area contributed by atoms with Gasteiger partial charge in [0, 0.05) is 6.54 Å². The average Bonchev–Trinajstić information content (AvgIpc) is 3.01. The van der Waals surface area contributed by atoms with E-state index in [1.807, 2.05) is 31.2 Å². The third kappa shape index (κ3) is 5.85. The minimum absolute atomic E-state index is 0. The molecule has 0 saturated carbocycles. The number of likely N-dealkylation sites (tertiary alicyclic amines) is 1. The summed E-state index contributed by atoms with van der Waals surface area (Å²) in [5.74, 6) is 0.620. The summed E-state index contributed by atoms with van der Waals surface area (Å²) >= 11 is 0. The normalized spacial score (nSPS) is 14.4. The number of nitrogens with one attached hydrogen (secondary N) is 1. The number of carbonyl (C=O) groups excluding carboxylic acids is 1. The smallest absolute Gasteiger partial charge is 0.255 e. The van der Waals surface area contributed by atoms with Gasteiger partial charge in [0.15, 0.2) is 0 Å². The van der Waals surface area contributed by atoms with Crippen molar-refractivity contribution in [3.05, 3.63) is 29.8 Å². The highest BCUT2D eigenvalue weighted by Gasteiger charge is 2.12. The van der Waals surface area contributed by atoms with E-state index in [9.17, 15) is 4.79 Å². The van der Waals surface area contributed by atoms with Crippen molar-refractivity contribution < 1.29 is 9.53 Å². The molecular weight excluding hydrogens is 300 g/mol. The lowest BCUT2D eigenvalue weighted by Gasteiger charge is -2.14. The number of benzene rings is 1. The molecule has 1 fully saturated rings.